The maximum atomic E-state index is 12.7. The number of amides is 1. The third kappa shape index (κ3) is 4.18. The first-order valence-electron chi connectivity index (χ1n) is 9.61. The van der Waals surface area contributed by atoms with Gasteiger partial charge in [0.25, 0.3) is 11.6 Å². The normalized spacial score (nSPS) is 14.6. The Morgan fingerprint density at radius 2 is 1.70 bits per heavy atom. The molecule has 1 saturated heterocycles. The topological polar surface area (TPSA) is 110 Å². The Morgan fingerprint density at radius 1 is 1.03 bits per heavy atom. The van der Waals surface area contributed by atoms with Crippen molar-refractivity contribution in [3.8, 4) is 5.69 Å². The summed E-state index contributed by atoms with van der Waals surface area (Å²) in [5, 5.41) is 22.8. The molecule has 1 aliphatic rings. The van der Waals surface area contributed by atoms with Crippen LogP contribution in [0.3, 0.4) is 0 Å². The number of piperazine rings is 1. The van der Waals surface area contributed by atoms with Gasteiger partial charge in [-0.1, -0.05) is 17.7 Å². The zero-order valence-electron chi connectivity index (χ0n) is 16.5. The Labute approximate surface area is 172 Å². The quantitative estimate of drug-likeness (QED) is 0.469. The number of carbonyl (C=O) groups is 1. The molecule has 0 N–H and O–H groups in total. The van der Waals surface area contributed by atoms with Gasteiger partial charge in [-0.3, -0.25) is 19.8 Å². The summed E-state index contributed by atoms with van der Waals surface area (Å²) < 4.78 is 1.73. The van der Waals surface area contributed by atoms with Gasteiger partial charge in [0.05, 0.1) is 17.2 Å². The highest BCUT2D eigenvalue weighted by atomic mass is 16.6. The zero-order valence-corrected chi connectivity index (χ0v) is 16.5. The van der Waals surface area contributed by atoms with E-state index in [-0.39, 0.29) is 11.6 Å². The first kappa shape index (κ1) is 19.6. The Balaban J connectivity index is 1.36. The molecule has 0 aliphatic carbocycles. The van der Waals surface area contributed by atoms with Crippen molar-refractivity contribution in [2.45, 2.75) is 13.5 Å². The number of benzene rings is 2. The van der Waals surface area contributed by atoms with Gasteiger partial charge in [0.1, 0.15) is 0 Å². The molecule has 0 bridgehead atoms. The average molecular weight is 407 g/mol. The van der Waals surface area contributed by atoms with E-state index < -0.39 is 4.92 Å². The number of aryl methyl sites for hydroxylation is 1. The van der Waals surface area contributed by atoms with E-state index in [1.807, 2.05) is 31.2 Å². The fourth-order valence-corrected chi connectivity index (χ4v) is 3.41. The predicted octanol–water partition coefficient (Wildman–Crippen LogP) is 1.84. The third-order valence-electron chi connectivity index (χ3n) is 5.16. The monoisotopic (exact) mass is 407 g/mol. The molecule has 1 aromatic heterocycles. The zero-order chi connectivity index (χ0) is 21.1. The Kier molecular flexibility index (Phi) is 5.48. The molecule has 10 nitrogen and oxygen atoms in total. The van der Waals surface area contributed by atoms with Crippen LogP contribution in [0.15, 0.2) is 48.5 Å². The second-order valence-corrected chi connectivity index (χ2v) is 7.21. The van der Waals surface area contributed by atoms with Crippen LogP contribution in [-0.2, 0) is 6.54 Å². The van der Waals surface area contributed by atoms with E-state index in [4.69, 9.17) is 0 Å². The van der Waals surface area contributed by atoms with Gasteiger partial charge in [-0.05, 0) is 41.6 Å². The number of nitro benzene ring substituents is 1. The van der Waals surface area contributed by atoms with Crippen LogP contribution in [0.5, 0.6) is 0 Å². The maximum absolute atomic E-state index is 12.7. The molecule has 154 valence electrons. The van der Waals surface area contributed by atoms with Gasteiger partial charge in [-0.25, -0.2) is 0 Å². The lowest BCUT2D eigenvalue weighted by molar-refractivity contribution is -0.384. The van der Waals surface area contributed by atoms with Crippen LogP contribution in [0, 0.1) is 17.0 Å². The summed E-state index contributed by atoms with van der Waals surface area (Å²) in [5.74, 6) is 0.628. The average Bonchev–Trinajstić information content (AvgIpc) is 3.22. The van der Waals surface area contributed by atoms with Crippen molar-refractivity contribution >= 4 is 11.6 Å². The molecule has 1 amide bonds. The van der Waals surface area contributed by atoms with Gasteiger partial charge >= 0.3 is 0 Å². The van der Waals surface area contributed by atoms with Crippen molar-refractivity contribution in [2.24, 2.45) is 0 Å². The van der Waals surface area contributed by atoms with Crippen molar-refractivity contribution in [2.75, 3.05) is 26.2 Å². The molecule has 4 rings (SSSR count). The summed E-state index contributed by atoms with van der Waals surface area (Å²) in [6.45, 7) is 5.14. The van der Waals surface area contributed by atoms with E-state index in [2.05, 4.69) is 20.4 Å². The van der Waals surface area contributed by atoms with Crippen molar-refractivity contribution < 1.29 is 9.72 Å². The van der Waals surface area contributed by atoms with Crippen LogP contribution in [0.4, 0.5) is 5.69 Å². The lowest BCUT2D eigenvalue weighted by Gasteiger charge is -2.34. The molecular formula is C20H21N7O3. The minimum atomic E-state index is -0.475. The summed E-state index contributed by atoms with van der Waals surface area (Å²) >= 11 is 0. The molecule has 30 heavy (non-hydrogen) atoms. The number of hydrogen-bond donors (Lipinski definition) is 0. The van der Waals surface area contributed by atoms with Crippen LogP contribution in [0.25, 0.3) is 5.69 Å². The highest BCUT2D eigenvalue weighted by molar-refractivity contribution is 5.94. The van der Waals surface area contributed by atoms with E-state index >= 15 is 0 Å². The Hall–Kier alpha value is -3.66. The molecular weight excluding hydrogens is 386 g/mol. The van der Waals surface area contributed by atoms with Crippen molar-refractivity contribution in [1.29, 1.82) is 0 Å². The number of non-ortho nitro benzene ring substituents is 1. The molecule has 0 unspecified atom stereocenters. The smallest absolute Gasteiger partial charge is 0.269 e. The number of rotatable bonds is 5. The SMILES string of the molecule is Cc1ccc(-n2nnnc2CN2CCN(C(=O)c3ccc([N+](=O)[O-])cc3)CC2)cc1. The lowest BCUT2D eigenvalue weighted by atomic mass is 10.1. The van der Waals surface area contributed by atoms with Crippen LogP contribution < -0.4 is 0 Å². The highest BCUT2D eigenvalue weighted by Gasteiger charge is 2.24. The van der Waals surface area contributed by atoms with E-state index in [1.165, 1.54) is 29.8 Å². The Morgan fingerprint density at radius 3 is 2.33 bits per heavy atom. The fourth-order valence-electron chi connectivity index (χ4n) is 3.41. The van der Waals surface area contributed by atoms with Gasteiger partial charge in [-0.15, -0.1) is 5.10 Å². The predicted molar refractivity (Wildman–Crippen MR) is 108 cm³/mol. The van der Waals surface area contributed by atoms with E-state index in [0.717, 1.165) is 11.5 Å². The third-order valence-corrected chi connectivity index (χ3v) is 5.16. The Bertz CT molecular complexity index is 1040. The first-order chi connectivity index (χ1) is 14.5. The molecule has 1 aliphatic heterocycles. The summed E-state index contributed by atoms with van der Waals surface area (Å²) in [7, 11) is 0. The number of nitrogens with zero attached hydrogens (tertiary/aromatic N) is 7. The number of carbonyl (C=O) groups excluding carboxylic acids is 1. The van der Waals surface area contributed by atoms with Crippen molar-refractivity contribution in [3.05, 3.63) is 75.6 Å². The van der Waals surface area contributed by atoms with Gasteiger partial charge in [0, 0.05) is 43.9 Å². The standard InChI is InChI=1S/C20H21N7O3/c1-15-2-6-17(7-3-15)26-19(21-22-23-26)14-24-10-12-25(13-11-24)20(28)16-4-8-18(9-5-16)27(29)30/h2-9H,10-14H2,1H3. The minimum Gasteiger partial charge on any atom is -0.336 e. The van der Waals surface area contributed by atoms with Crippen LogP contribution >= 0.6 is 0 Å². The summed E-state index contributed by atoms with van der Waals surface area (Å²) in [6.07, 6.45) is 0. The number of tetrazole rings is 1. The molecule has 10 heteroatoms. The minimum absolute atomic E-state index is 0.0253. The molecule has 0 radical (unpaired) electrons. The van der Waals surface area contributed by atoms with Crippen LogP contribution in [0.2, 0.25) is 0 Å². The summed E-state index contributed by atoms with van der Waals surface area (Å²) in [6, 6.07) is 13.7. The van der Waals surface area contributed by atoms with E-state index in [9.17, 15) is 14.9 Å². The van der Waals surface area contributed by atoms with Crippen LogP contribution in [-0.4, -0.2) is 67.0 Å². The van der Waals surface area contributed by atoms with Gasteiger partial charge in [0.2, 0.25) is 0 Å². The van der Waals surface area contributed by atoms with Crippen molar-refractivity contribution in [3.63, 3.8) is 0 Å². The molecule has 1 fully saturated rings. The number of nitro groups is 1. The van der Waals surface area contributed by atoms with Crippen LogP contribution in [0.1, 0.15) is 21.7 Å². The number of aromatic nitrogens is 4. The highest BCUT2D eigenvalue weighted by Crippen LogP contribution is 2.16. The lowest BCUT2D eigenvalue weighted by Crippen LogP contribution is -2.48. The molecule has 0 atom stereocenters. The molecule has 2 aromatic carbocycles. The van der Waals surface area contributed by atoms with Crippen molar-refractivity contribution in [1.82, 2.24) is 30.0 Å². The van der Waals surface area contributed by atoms with Gasteiger partial charge in [-0.2, -0.15) is 4.68 Å². The van der Waals surface area contributed by atoms with Gasteiger partial charge < -0.3 is 4.90 Å². The van der Waals surface area contributed by atoms with E-state index in [1.54, 1.807) is 9.58 Å². The summed E-state index contributed by atoms with van der Waals surface area (Å²) in [4.78, 5) is 26.9. The molecule has 0 saturated carbocycles. The van der Waals surface area contributed by atoms with Gasteiger partial charge in [0.15, 0.2) is 5.82 Å². The second-order valence-electron chi connectivity index (χ2n) is 7.21. The number of hydrogen-bond acceptors (Lipinski definition) is 7. The largest absolute Gasteiger partial charge is 0.336 e. The molecule has 2 heterocycles. The molecule has 3 aromatic rings. The maximum Gasteiger partial charge on any atom is 0.269 e. The molecule has 0 spiro atoms. The second kappa shape index (κ2) is 8.37. The van der Waals surface area contributed by atoms with E-state index in [0.29, 0.717) is 38.3 Å². The summed E-state index contributed by atoms with van der Waals surface area (Å²) in [5.41, 5.74) is 2.51. The fraction of sp³-hybridized carbons (Fsp3) is 0.300. The first-order valence-corrected chi connectivity index (χ1v) is 9.61.